The van der Waals surface area contributed by atoms with Gasteiger partial charge < -0.3 is 9.88 Å². The summed E-state index contributed by atoms with van der Waals surface area (Å²) in [4.78, 5) is 8.30. The molecule has 4 rings (SSSR count). The standard InChI is InChI=1S/C19H20IN3/c20-17-2-4-18(5-3-17)23-11-9-22(10-12-23)14-15-1-6-19-16(13-15)7-8-21-19/h1-8,13,21H,9-12,14H2. The lowest BCUT2D eigenvalue weighted by Gasteiger charge is -2.36. The monoisotopic (exact) mass is 417 g/mol. The summed E-state index contributed by atoms with van der Waals surface area (Å²) in [6, 6.07) is 17.7. The molecule has 0 bridgehead atoms. The van der Waals surface area contributed by atoms with E-state index < -0.39 is 0 Å². The number of hydrogen-bond acceptors (Lipinski definition) is 2. The Morgan fingerprint density at radius 1 is 0.913 bits per heavy atom. The minimum Gasteiger partial charge on any atom is -0.369 e. The molecule has 23 heavy (non-hydrogen) atoms. The lowest BCUT2D eigenvalue weighted by atomic mass is 10.1. The average Bonchev–Trinajstić information content (AvgIpc) is 3.04. The van der Waals surface area contributed by atoms with Gasteiger partial charge in [-0.2, -0.15) is 0 Å². The molecule has 1 N–H and O–H groups in total. The van der Waals surface area contributed by atoms with Crippen molar-refractivity contribution in [2.24, 2.45) is 0 Å². The van der Waals surface area contributed by atoms with E-state index in [0.717, 1.165) is 32.7 Å². The second kappa shape index (κ2) is 6.53. The van der Waals surface area contributed by atoms with Crippen LogP contribution < -0.4 is 4.90 Å². The number of nitrogens with zero attached hydrogens (tertiary/aromatic N) is 2. The highest BCUT2D eigenvalue weighted by molar-refractivity contribution is 14.1. The third-order valence-corrected chi connectivity index (χ3v) is 5.31. The molecule has 0 spiro atoms. The van der Waals surface area contributed by atoms with Crippen molar-refractivity contribution in [2.75, 3.05) is 31.1 Å². The normalized spacial score (nSPS) is 16.1. The van der Waals surface area contributed by atoms with E-state index in [-0.39, 0.29) is 0 Å². The maximum atomic E-state index is 3.26. The molecule has 0 atom stereocenters. The van der Waals surface area contributed by atoms with Crippen molar-refractivity contribution in [3.05, 3.63) is 63.9 Å². The fourth-order valence-electron chi connectivity index (χ4n) is 3.28. The SMILES string of the molecule is Ic1ccc(N2CCN(Cc3ccc4[nH]ccc4c3)CC2)cc1. The minimum absolute atomic E-state index is 1.04. The summed E-state index contributed by atoms with van der Waals surface area (Å²) in [5.41, 5.74) is 3.97. The molecular formula is C19H20IN3. The first-order valence-electron chi connectivity index (χ1n) is 8.07. The topological polar surface area (TPSA) is 22.3 Å². The number of H-pyrrole nitrogens is 1. The van der Waals surface area contributed by atoms with Crippen LogP contribution in [0.15, 0.2) is 54.7 Å². The van der Waals surface area contributed by atoms with Gasteiger partial charge in [-0.3, -0.25) is 4.90 Å². The van der Waals surface area contributed by atoms with E-state index in [9.17, 15) is 0 Å². The molecule has 0 aliphatic carbocycles. The Labute approximate surface area is 150 Å². The maximum absolute atomic E-state index is 3.26. The molecule has 1 fully saturated rings. The molecule has 118 valence electrons. The number of anilines is 1. The number of aromatic nitrogens is 1. The largest absolute Gasteiger partial charge is 0.369 e. The lowest BCUT2D eigenvalue weighted by molar-refractivity contribution is 0.250. The zero-order valence-electron chi connectivity index (χ0n) is 13.0. The molecule has 0 amide bonds. The first kappa shape index (κ1) is 15.0. The molecule has 1 saturated heterocycles. The minimum atomic E-state index is 1.04. The summed E-state index contributed by atoms with van der Waals surface area (Å²) in [5.74, 6) is 0. The van der Waals surface area contributed by atoms with E-state index in [1.54, 1.807) is 0 Å². The highest BCUT2D eigenvalue weighted by Gasteiger charge is 2.17. The van der Waals surface area contributed by atoms with Gasteiger partial charge in [0.1, 0.15) is 0 Å². The fourth-order valence-corrected chi connectivity index (χ4v) is 3.63. The van der Waals surface area contributed by atoms with Gasteiger partial charge in [-0.15, -0.1) is 0 Å². The van der Waals surface area contributed by atoms with Crippen LogP contribution in [0.2, 0.25) is 0 Å². The van der Waals surface area contributed by atoms with E-state index in [4.69, 9.17) is 0 Å². The van der Waals surface area contributed by atoms with Crippen molar-refractivity contribution in [3.8, 4) is 0 Å². The van der Waals surface area contributed by atoms with Crippen LogP contribution in [0, 0.1) is 3.57 Å². The van der Waals surface area contributed by atoms with Crippen LogP contribution in [-0.4, -0.2) is 36.1 Å². The first-order valence-corrected chi connectivity index (χ1v) is 9.15. The predicted octanol–water partition coefficient (Wildman–Crippen LogP) is 4.09. The Morgan fingerprint density at radius 2 is 1.70 bits per heavy atom. The van der Waals surface area contributed by atoms with E-state index in [2.05, 4.69) is 85.9 Å². The summed E-state index contributed by atoms with van der Waals surface area (Å²) < 4.78 is 1.30. The van der Waals surface area contributed by atoms with Gasteiger partial charge in [-0.25, -0.2) is 0 Å². The third kappa shape index (κ3) is 3.38. The summed E-state index contributed by atoms with van der Waals surface area (Å²) in [6.07, 6.45) is 2.01. The van der Waals surface area contributed by atoms with Gasteiger partial charge in [0.25, 0.3) is 0 Å². The van der Waals surface area contributed by atoms with Crippen LogP contribution in [0.4, 0.5) is 5.69 Å². The van der Waals surface area contributed by atoms with Gasteiger partial charge in [-0.05, 0) is 76.0 Å². The molecule has 2 aromatic carbocycles. The average molecular weight is 417 g/mol. The maximum Gasteiger partial charge on any atom is 0.0454 e. The number of fused-ring (bicyclic) bond motifs is 1. The van der Waals surface area contributed by atoms with E-state index in [1.807, 2.05) is 6.20 Å². The molecular weight excluding hydrogens is 397 g/mol. The first-order chi connectivity index (χ1) is 11.3. The quantitative estimate of drug-likeness (QED) is 0.649. The van der Waals surface area contributed by atoms with Crippen LogP contribution in [0.1, 0.15) is 5.56 Å². The Morgan fingerprint density at radius 3 is 2.48 bits per heavy atom. The van der Waals surface area contributed by atoms with Crippen molar-refractivity contribution >= 4 is 39.2 Å². The number of benzene rings is 2. The molecule has 1 aliphatic heterocycles. The molecule has 0 unspecified atom stereocenters. The zero-order chi connectivity index (χ0) is 15.6. The molecule has 3 aromatic rings. The molecule has 3 nitrogen and oxygen atoms in total. The molecule has 4 heteroatoms. The number of rotatable bonds is 3. The summed E-state index contributed by atoms with van der Waals surface area (Å²) in [6.45, 7) is 5.50. The molecule has 1 aromatic heterocycles. The number of nitrogens with one attached hydrogen (secondary N) is 1. The summed E-state index contributed by atoms with van der Waals surface area (Å²) in [7, 11) is 0. The van der Waals surface area contributed by atoms with Gasteiger partial charge in [0.15, 0.2) is 0 Å². The Balaban J connectivity index is 1.38. The van der Waals surface area contributed by atoms with Gasteiger partial charge >= 0.3 is 0 Å². The summed E-state index contributed by atoms with van der Waals surface area (Å²) in [5, 5.41) is 1.31. The van der Waals surface area contributed by atoms with Crippen LogP contribution in [0.25, 0.3) is 10.9 Å². The second-order valence-electron chi connectivity index (χ2n) is 6.14. The lowest BCUT2D eigenvalue weighted by Crippen LogP contribution is -2.45. The predicted molar refractivity (Wildman–Crippen MR) is 105 cm³/mol. The van der Waals surface area contributed by atoms with Crippen molar-refractivity contribution in [1.82, 2.24) is 9.88 Å². The highest BCUT2D eigenvalue weighted by atomic mass is 127. The van der Waals surface area contributed by atoms with Crippen LogP contribution in [0.3, 0.4) is 0 Å². The fraction of sp³-hybridized carbons (Fsp3) is 0.263. The van der Waals surface area contributed by atoms with Gasteiger partial charge in [-0.1, -0.05) is 6.07 Å². The number of piperazine rings is 1. The van der Waals surface area contributed by atoms with Crippen LogP contribution >= 0.6 is 22.6 Å². The van der Waals surface area contributed by atoms with Gasteiger partial charge in [0.05, 0.1) is 0 Å². The van der Waals surface area contributed by atoms with Crippen LogP contribution in [0.5, 0.6) is 0 Å². The Bertz CT molecular complexity index is 786. The van der Waals surface area contributed by atoms with E-state index in [0.29, 0.717) is 0 Å². The molecule has 0 radical (unpaired) electrons. The van der Waals surface area contributed by atoms with Crippen molar-refractivity contribution in [2.45, 2.75) is 6.54 Å². The smallest absolute Gasteiger partial charge is 0.0454 e. The Kier molecular flexibility index (Phi) is 4.27. The zero-order valence-corrected chi connectivity index (χ0v) is 15.2. The molecule has 2 heterocycles. The van der Waals surface area contributed by atoms with Gasteiger partial charge in [0.2, 0.25) is 0 Å². The Hall–Kier alpha value is -1.53. The number of aromatic amines is 1. The van der Waals surface area contributed by atoms with Crippen molar-refractivity contribution in [3.63, 3.8) is 0 Å². The van der Waals surface area contributed by atoms with Crippen molar-refractivity contribution < 1.29 is 0 Å². The van der Waals surface area contributed by atoms with E-state index in [1.165, 1.54) is 25.7 Å². The third-order valence-electron chi connectivity index (χ3n) is 4.59. The molecule has 0 saturated carbocycles. The van der Waals surface area contributed by atoms with Crippen LogP contribution in [-0.2, 0) is 6.54 Å². The summed E-state index contributed by atoms with van der Waals surface area (Å²) >= 11 is 2.36. The van der Waals surface area contributed by atoms with Gasteiger partial charge in [0, 0.05) is 53.7 Å². The highest BCUT2D eigenvalue weighted by Crippen LogP contribution is 2.20. The number of halogens is 1. The van der Waals surface area contributed by atoms with E-state index >= 15 is 0 Å². The molecule has 1 aliphatic rings. The second-order valence-corrected chi connectivity index (χ2v) is 7.38. The number of hydrogen-bond donors (Lipinski definition) is 1. The van der Waals surface area contributed by atoms with Crippen molar-refractivity contribution in [1.29, 1.82) is 0 Å².